The molecule has 6 nitrogen and oxygen atoms in total. The fourth-order valence-corrected chi connectivity index (χ4v) is 1.95. The fraction of sp³-hybridized carbons (Fsp3) is 0.176. The van der Waals surface area contributed by atoms with E-state index < -0.39 is 5.91 Å². The predicted molar refractivity (Wildman–Crippen MR) is 89.6 cm³/mol. The maximum Gasteiger partial charge on any atom is 0.255 e. The van der Waals surface area contributed by atoms with Crippen molar-refractivity contribution >= 4 is 23.2 Å². The molecule has 0 atom stereocenters. The molecule has 2 rings (SSSR count). The highest BCUT2D eigenvalue weighted by Gasteiger charge is 2.10. The zero-order valence-corrected chi connectivity index (χ0v) is 12.8. The normalized spacial score (nSPS) is 10.1. The van der Waals surface area contributed by atoms with E-state index in [1.54, 1.807) is 42.5 Å². The molecule has 2 aromatic rings. The molecule has 5 N–H and O–H groups in total. The number of primary amides is 1. The Labute approximate surface area is 134 Å². The molecule has 0 unspecified atom stereocenters. The smallest absolute Gasteiger partial charge is 0.255 e. The van der Waals surface area contributed by atoms with E-state index in [-0.39, 0.29) is 5.91 Å². The first-order valence-electron chi connectivity index (χ1n) is 7.24. The molecule has 0 heterocycles. The molecule has 0 saturated carbocycles. The number of hydrogen-bond donors (Lipinski definition) is 3. The summed E-state index contributed by atoms with van der Waals surface area (Å²) in [6, 6.07) is 11.2. The van der Waals surface area contributed by atoms with Crippen molar-refractivity contribution in [3.8, 4) is 5.75 Å². The van der Waals surface area contributed by atoms with Crippen LogP contribution >= 0.6 is 0 Å². The van der Waals surface area contributed by atoms with Crippen LogP contribution in [0.5, 0.6) is 5.75 Å². The Kier molecular flexibility index (Phi) is 5.19. The van der Waals surface area contributed by atoms with E-state index in [0.29, 0.717) is 34.9 Å². The highest BCUT2D eigenvalue weighted by atomic mass is 16.5. The van der Waals surface area contributed by atoms with E-state index >= 15 is 0 Å². The van der Waals surface area contributed by atoms with Crippen LogP contribution in [0.1, 0.15) is 34.1 Å². The molecule has 120 valence electrons. The van der Waals surface area contributed by atoms with Gasteiger partial charge in [0.15, 0.2) is 0 Å². The van der Waals surface area contributed by atoms with Crippen molar-refractivity contribution in [1.82, 2.24) is 0 Å². The number of nitrogen functional groups attached to an aromatic ring is 1. The average molecular weight is 313 g/mol. The molecule has 2 amide bonds. The number of amides is 2. The number of ether oxygens (including phenoxy) is 1. The SMILES string of the molecule is CCCOc1ccc(C(=O)Nc2ccc(C(N)=O)cc2)cc1N. The van der Waals surface area contributed by atoms with Gasteiger partial charge in [-0.3, -0.25) is 9.59 Å². The summed E-state index contributed by atoms with van der Waals surface area (Å²) >= 11 is 0. The van der Waals surface area contributed by atoms with E-state index in [1.165, 1.54) is 0 Å². The van der Waals surface area contributed by atoms with Crippen molar-refractivity contribution in [2.75, 3.05) is 17.7 Å². The summed E-state index contributed by atoms with van der Waals surface area (Å²) in [5.74, 6) is -0.252. The number of carbonyl (C=O) groups is 2. The first-order chi connectivity index (χ1) is 11.0. The van der Waals surface area contributed by atoms with Gasteiger partial charge >= 0.3 is 0 Å². The maximum absolute atomic E-state index is 12.2. The van der Waals surface area contributed by atoms with Crippen molar-refractivity contribution in [1.29, 1.82) is 0 Å². The number of anilines is 2. The van der Waals surface area contributed by atoms with Crippen molar-refractivity contribution in [3.05, 3.63) is 53.6 Å². The van der Waals surface area contributed by atoms with Crippen molar-refractivity contribution in [2.45, 2.75) is 13.3 Å². The Balaban J connectivity index is 2.08. The molecule has 0 spiro atoms. The summed E-state index contributed by atoms with van der Waals surface area (Å²) in [7, 11) is 0. The Morgan fingerprint density at radius 2 is 1.74 bits per heavy atom. The number of hydrogen-bond acceptors (Lipinski definition) is 4. The molecule has 0 aliphatic heterocycles. The summed E-state index contributed by atoms with van der Waals surface area (Å²) in [6.45, 7) is 2.57. The monoisotopic (exact) mass is 313 g/mol. The predicted octanol–water partition coefficient (Wildman–Crippen LogP) is 2.41. The third-order valence-corrected chi connectivity index (χ3v) is 3.16. The van der Waals surface area contributed by atoms with Crippen LogP contribution in [0.4, 0.5) is 11.4 Å². The van der Waals surface area contributed by atoms with Crippen molar-refractivity contribution < 1.29 is 14.3 Å². The minimum absolute atomic E-state index is 0.300. The van der Waals surface area contributed by atoms with Gasteiger partial charge in [0.05, 0.1) is 12.3 Å². The Bertz CT molecular complexity index is 712. The largest absolute Gasteiger partial charge is 0.491 e. The van der Waals surface area contributed by atoms with E-state index in [2.05, 4.69) is 5.32 Å². The van der Waals surface area contributed by atoms with Crippen LogP contribution in [0.2, 0.25) is 0 Å². The minimum Gasteiger partial charge on any atom is -0.491 e. The molecule has 23 heavy (non-hydrogen) atoms. The number of carbonyl (C=O) groups excluding carboxylic acids is 2. The minimum atomic E-state index is -0.515. The molecule has 0 aromatic heterocycles. The van der Waals surface area contributed by atoms with Crippen LogP contribution in [0.3, 0.4) is 0 Å². The van der Waals surface area contributed by atoms with Crippen LogP contribution in [-0.4, -0.2) is 18.4 Å². The standard InChI is InChI=1S/C17H19N3O3/c1-2-9-23-15-8-5-12(10-14(15)18)17(22)20-13-6-3-11(4-7-13)16(19)21/h3-8,10H,2,9,18H2,1H3,(H2,19,21)(H,20,22). The third kappa shape index (κ3) is 4.23. The molecule has 0 fully saturated rings. The third-order valence-electron chi connectivity index (χ3n) is 3.16. The van der Waals surface area contributed by atoms with Gasteiger partial charge in [-0.05, 0) is 48.9 Å². The van der Waals surface area contributed by atoms with E-state index in [4.69, 9.17) is 16.2 Å². The lowest BCUT2D eigenvalue weighted by Gasteiger charge is -2.10. The Hall–Kier alpha value is -3.02. The van der Waals surface area contributed by atoms with Crippen molar-refractivity contribution in [2.24, 2.45) is 5.73 Å². The highest BCUT2D eigenvalue weighted by Crippen LogP contribution is 2.23. The lowest BCUT2D eigenvalue weighted by atomic mass is 10.1. The molecule has 2 aromatic carbocycles. The molecule has 0 radical (unpaired) electrons. The summed E-state index contributed by atoms with van der Waals surface area (Å²) in [5.41, 5.74) is 12.8. The van der Waals surface area contributed by atoms with Gasteiger partial charge in [-0.25, -0.2) is 0 Å². The van der Waals surface area contributed by atoms with Crippen molar-refractivity contribution in [3.63, 3.8) is 0 Å². The summed E-state index contributed by atoms with van der Waals surface area (Å²) in [6.07, 6.45) is 0.878. The Morgan fingerprint density at radius 1 is 1.09 bits per heavy atom. The highest BCUT2D eigenvalue weighted by molar-refractivity contribution is 6.05. The van der Waals surface area contributed by atoms with Gasteiger partial charge in [-0.1, -0.05) is 6.92 Å². The lowest BCUT2D eigenvalue weighted by molar-refractivity contribution is 0.0998. The van der Waals surface area contributed by atoms with Crippen LogP contribution in [0.15, 0.2) is 42.5 Å². The first kappa shape index (κ1) is 16.4. The molecular weight excluding hydrogens is 294 g/mol. The van der Waals surface area contributed by atoms with Gasteiger partial charge in [0.2, 0.25) is 5.91 Å². The fourth-order valence-electron chi connectivity index (χ4n) is 1.95. The number of benzene rings is 2. The topological polar surface area (TPSA) is 107 Å². The second kappa shape index (κ2) is 7.31. The van der Waals surface area contributed by atoms with Crippen LogP contribution in [0.25, 0.3) is 0 Å². The lowest BCUT2D eigenvalue weighted by Crippen LogP contribution is -2.14. The van der Waals surface area contributed by atoms with Gasteiger partial charge in [0.1, 0.15) is 5.75 Å². The molecule has 0 saturated heterocycles. The van der Waals surface area contributed by atoms with E-state index in [0.717, 1.165) is 6.42 Å². The number of rotatable bonds is 6. The van der Waals surface area contributed by atoms with Gasteiger partial charge in [0, 0.05) is 16.8 Å². The van der Waals surface area contributed by atoms with Crippen LogP contribution in [-0.2, 0) is 0 Å². The second-order valence-electron chi connectivity index (χ2n) is 5.00. The summed E-state index contributed by atoms with van der Waals surface area (Å²) < 4.78 is 5.47. The summed E-state index contributed by atoms with van der Waals surface area (Å²) in [4.78, 5) is 23.2. The summed E-state index contributed by atoms with van der Waals surface area (Å²) in [5, 5.41) is 2.73. The Morgan fingerprint density at radius 3 is 2.30 bits per heavy atom. The van der Waals surface area contributed by atoms with Gasteiger partial charge in [-0.2, -0.15) is 0 Å². The quantitative estimate of drug-likeness (QED) is 0.712. The average Bonchev–Trinajstić information content (AvgIpc) is 2.54. The van der Waals surface area contributed by atoms with Crippen LogP contribution < -0.4 is 21.5 Å². The zero-order valence-electron chi connectivity index (χ0n) is 12.8. The van der Waals surface area contributed by atoms with Gasteiger partial charge in [-0.15, -0.1) is 0 Å². The number of nitrogens with two attached hydrogens (primary N) is 2. The van der Waals surface area contributed by atoms with E-state index in [9.17, 15) is 9.59 Å². The van der Waals surface area contributed by atoms with E-state index in [1.807, 2.05) is 6.92 Å². The maximum atomic E-state index is 12.2. The molecule has 0 aliphatic rings. The molecule has 6 heteroatoms. The van der Waals surface area contributed by atoms with Gasteiger partial charge < -0.3 is 21.5 Å². The molecular formula is C17H19N3O3. The second-order valence-corrected chi connectivity index (χ2v) is 5.00. The van der Waals surface area contributed by atoms with Crippen LogP contribution in [0, 0.1) is 0 Å². The first-order valence-corrected chi connectivity index (χ1v) is 7.24. The number of nitrogens with one attached hydrogen (secondary N) is 1. The molecule has 0 bridgehead atoms. The molecule has 0 aliphatic carbocycles. The zero-order chi connectivity index (χ0) is 16.8. The van der Waals surface area contributed by atoms with Gasteiger partial charge in [0.25, 0.3) is 5.91 Å².